The van der Waals surface area contributed by atoms with Crippen molar-refractivity contribution in [1.29, 1.82) is 5.26 Å². The summed E-state index contributed by atoms with van der Waals surface area (Å²) in [5.74, 6) is 0.539. The summed E-state index contributed by atoms with van der Waals surface area (Å²) in [7, 11) is -1.20. The molecule has 0 saturated heterocycles. The van der Waals surface area contributed by atoms with Crippen LogP contribution in [-0.4, -0.2) is 21.1 Å². The molecule has 1 aromatic rings. The zero-order chi connectivity index (χ0) is 15.1. The van der Waals surface area contributed by atoms with Crippen LogP contribution in [0.1, 0.15) is 32.8 Å². The summed E-state index contributed by atoms with van der Waals surface area (Å²) in [4.78, 5) is 12.1. The fraction of sp³-hybridized carbons (Fsp3) is 0.467. The summed E-state index contributed by atoms with van der Waals surface area (Å²) >= 11 is 0. The van der Waals surface area contributed by atoms with E-state index in [-0.39, 0.29) is 5.91 Å². The molecule has 0 aliphatic rings. The standard InChI is InChI=1S/C15H20N2O2S/c1-4-11(2)10-20(19)12(3)15(18)17-14-8-6-5-7-13(14)9-16/h5-8,11-12H,4,10H2,1-3H3,(H,17,18). The largest absolute Gasteiger partial charge is 0.324 e. The molecule has 0 aliphatic heterocycles. The Morgan fingerprint density at radius 2 is 2.05 bits per heavy atom. The van der Waals surface area contributed by atoms with Crippen molar-refractivity contribution >= 4 is 22.4 Å². The van der Waals surface area contributed by atoms with E-state index >= 15 is 0 Å². The fourth-order valence-electron chi connectivity index (χ4n) is 1.59. The molecular weight excluding hydrogens is 272 g/mol. The smallest absolute Gasteiger partial charge is 0.239 e. The van der Waals surface area contributed by atoms with Gasteiger partial charge in [0.2, 0.25) is 5.91 Å². The highest BCUT2D eigenvalue weighted by molar-refractivity contribution is 7.86. The SMILES string of the molecule is CCC(C)CS(=O)C(C)C(=O)Nc1ccccc1C#N. The molecule has 20 heavy (non-hydrogen) atoms. The highest BCUT2D eigenvalue weighted by Gasteiger charge is 2.21. The summed E-state index contributed by atoms with van der Waals surface area (Å²) in [6.45, 7) is 5.71. The number of benzene rings is 1. The van der Waals surface area contributed by atoms with Crippen LogP contribution >= 0.6 is 0 Å². The van der Waals surface area contributed by atoms with Crippen LogP contribution in [0.2, 0.25) is 0 Å². The van der Waals surface area contributed by atoms with Gasteiger partial charge in [0.1, 0.15) is 11.3 Å². The Morgan fingerprint density at radius 3 is 2.65 bits per heavy atom. The second kappa shape index (κ2) is 7.81. The first-order valence-corrected chi connectivity index (χ1v) is 8.05. The molecule has 0 fully saturated rings. The molecule has 0 aliphatic carbocycles. The van der Waals surface area contributed by atoms with Crippen LogP contribution in [0.25, 0.3) is 0 Å². The molecule has 0 heterocycles. The number of carbonyl (C=O) groups is 1. The lowest BCUT2D eigenvalue weighted by atomic mass is 10.2. The van der Waals surface area contributed by atoms with E-state index in [2.05, 4.69) is 5.32 Å². The average molecular weight is 292 g/mol. The van der Waals surface area contributed by atoms with Gasteiger partial charge in [-0.2, -0.15) is 5.26 Å². The molecule has 108 valence electrons. The first kappa shape index (κ1) is 16.4. The van der Waals surface area contributed by atoms with Gasteiger partial charge in [0.25, 0.3) is 0 Å². The lowest BCUT2D eigenvalue weighted by molar-refractivity contribution is -0.115. The van der Waals surface area contributed by atoms with E-state index in [4.69, 9.17) is 5.26 Å². The van der Waals surface area contributed by atoms with E-state index in [9.17, 15) is 9.00 Å². The van der Waals surface area contributed by atoms with Crippen molar-refractivity contribution in [1.82, 2.24) is 0 Å². The number of amides is 1. The Hall–Kier alpha value is -1.67. The van der Waals surface area contributed by atoms with Gasteiger partial charge >= 0.3 is 0 Å². The van der Waals surface area contributed by atoms with Crippen molar-refractivity contribution in [3.63, 3.8) is 0 Å². The highest BCUT2D eigenvalue weighted by Crippen LogP contribution is 2.15. The Kier molecular flexibility index (Phi) is 6.40. The van der Waals surface area contributed by atoms with Gasteiger partial charge in [0, 0.05) is 16.6 Å². The number of nitrogens with zero attached hydrogens (tertiary/aromatic N) is 1. The van der Waals surface area contributed by atoms with Crippen LogP contribution in [0.5, 0.6) is 0 Å². The molecular formula is C15H20N2O2S. The second-order valence-corrected chi connectivity index (χ2v) is 6.65. The molecule has 0 saturated carbocycles. The minimum Gasteiger partial charge on any atom is -0.324 e. The van der Waals surface area contributed by atoms with Crippen LogP contribution in [0, 0.1) is 17.2 Å². The summed E-state index contributed by atoms with van der Waals surface area (Å²) in [6, 6.07) is 8.80. The Bertz CT molecular complexity index is 537. The van der Waals surface area contributed by atoms with E-state index < -0.39 is 16.0 Å². The zero-order valence-corrected chi connectivity index (χ0v) is 12.9. The Labute approximate surface area is 122 Å². The molecule has 5 heteroatoms. The van der Waals surface area contributed by atoms with E-state index in [1.807, 2.05) is 19.9 Å². The van der Waals surface area contributed by atoms with Gasteiger partial charge in [-0.1, -0.05) is 32.4 Å². The van der Waals surface area contributed by atoms with Crippen molar-refractivity contribution in [2.24, 2.45) is 5.92 Å². The molecule has 0 spiro atoms. The van der Waals surface area contributed by atoms with Crippen molar-refractivity contribution in [3.8, 4) is 6.07 Å². The lowest BCUT2D eigenvalue weighted by Gasteiger charge is -2.15. The van der Waals surface area contributed by atoms with Crippen molar-refractivity contribution in [2.45, 2.75) is 32.4 Å². The number of rotatable bonds is 6. The Balaban J connectivity index is 2.71. The summed E-state index contributed by atoms with van der Waals surface area (Å²) < 4.78 is 12.1. The minimum absolute atomic E-state index is 0.311. The monoisotopic (exact) mass is 292 g/mol. The number of hydrogen-bond acceptors (Lipinski definition) is 3. The maximum atomic E-state index is 12.1. The second-order valence-electron chi connectivity index (χ2n) is 4.85. The Morgan fingerprint density at radius 1 is 1.40 bits per heavy atom. The van der Waals surface area contributed by atoms with Crippen LogP contribution < -0.4 is 5.32 Å². The molecule has 4 nitrogen and oxygen atoms in total. The highest BCUT2D eigenvalue weighted by atomic mass is 32.2. The maximum Gasteiger partial charge on any atom is 0.239 e. The zero-order valence-electron chi connectivity index (χ0n) is 12.1. The van der Waals surface area contributed by atoms with Gasteiger partial charge in [-0.25, -0.2) is 0 Å². The van der Waals surface area contributed by atoms with Crippen LogP contribution in [-0.2, 0) is 15.6 Å². The van der Waals surface area contributed by atoms with E-state index in [0.29, 0.717) is 22.9 Å². The summed E-state index contributed by atoms with van der Waals surface area (Å²) in [5, 5.41) is 11.1. The van der Waals surface area contributed by atoms with Crippen LogP contribution in [0.3, 0.4) is 0 Å². The lowest BCUT2D eigenvalue weighted by Crippen LogP contribution is -2.31. The van der Waals surface area contributed by atoms with Gasteiger partial charge in [-0.05, 0) is 25.0 Å². The maximum absolute atomic E-state index is 12.1. The molecule has 0 aromatic heterocycles. The molecule has 1 rings (SSSR count). The van der Waals surface area contributed by atoms with Gasteiger partial charge < -0.3 is 5.32 Å². The predicted molar refractivity (Wildman–Crippen MR) is 81.7 cm³/mol. The normalized spacial score (nSPS) is 14.9. The number of anilines is 1. The van der Waals surface area contributed by atoms with Crippen molar-refractivity contribution in [3.05, 3.63) is 29.8 Å². The van der Waals surface area contributed by atoms with Crippen molar-refractivity contribution < 1.29 is 9.00 Å². The first-order valence-electron chi connectivity index (χ1n) is 6.66. The summed E-state index contributed by atoms with van der Waals surface area (Å²) in [6.07, 6.45) is 0.942. The van der Waals surface area contributed by atoms with Crippen molar-refractivity contribution in [2.75, 3.05) is 11.1 Å². The average Bonchev–Trinajstić information content (AvgIpc) is 2.46. The van der Waals surface area contributed by atoms with Crippen LogP contribution in [0.4, 0.5) is 5.69 Å². The third-order valence-corrected chi connectivity index (χ3v) is 5.11. The first-order chi connectivity index (χ1) is 9.49. The number of para-hydroxylation sites is 1. The molecule has 3 unspecified atom stereocenters. The topological polar surface area (TPSA) is 70.0 Å². The molecule has 3 atom stereocenters. The minimum atomic E-state index is -1.20. The third kappa shape index (κ3) is 4.46. The van der Waals surface area contributed by atoms with E-state index in [1.54, 1.807) is 31.2 Å². The number of nitrogens with one attached hydrogen (secondary N) is 1. The van der Waals surface area contributed by atoms with E-state index in [0.717, 1.165) is 6.42 Å². The molecule has 1 aromatic carbocycles. The summed E-state index contributed by atoms with van der Waals surface area (Å²) in [5.41, 5.74) is 0.869. The molecule has 1 amide bonds. The predicted octanol–water partition coefficient (Wildman–Crippen LogP) is 2.68. The van der Waals surface area contributed by atoms with E-state index in [1.165, 1.54) is 0 Å². The third-order valence-electron chi connectivity index (χ3n) is 3.21. The quantitative estimate of drug-likeness (QED) is 0.876. The van der Waals surface area contributed by atoms with Gasteiger partial charge in [-0.15, -0.1) is 0 Å². The molecule has 1 N–H and O–H groups in total. The van der Waals surface area contributed by atoms with Gasteiger partial charge in [0.05, 0.1) is 11.3 Å². The molecule has 0 radical (unpaired) electrons. The fourth-order valence-corrected chi connectivity index (χ4v) is 2.97. The molecule has 0 bridgehead atoms. The number of nitriles is 1. The van der Waals surface area contributed by atoms with Gasteiger partial charge in [-0.3, -0.25) is 9.00 Å². The number of hydrogen-bond donors (Lipinski definition) is 1. The van der Waals surface area contributed by atoms with Gasteiger partial charge in [0.15, 0.2) is 0 Å². The van der Waals surface area contributed by atoms with Crippen LogP contribution in [0.15, 0.2) is 24.3 Å². The number of carbonyl (C=O) groups excluding carboxylic acids is 1.